The fourth-order valence-electron chi connectivity index (χ4n) is 3.85. The third-order valence-corrected chi connectivity index (χ3v) is 5.69. The molecule has 1 N–H and O–H groups in total. The van der Waals surface area contributed by atoms with E-state index in [0.29, 0.717) is 6.04 Å². The van der Waals surface area contributed by atoms with Gasteiger partial charge in [-0.1, -0.05) is 13.8 Å². The van der Waals surface area contributed by atoms with Gasteiger partial charge in [0.15, 0.2) is 5.96 Å². The number of aliphatic imine (C=N–C) groups is 1. The molecule has 2 aliphatic heterocycles. The number of nitrogens with one attached hydrogen (secondary N) is 1. The Morgan fingerprint density at radius 3 is 2.54 bits per heavy atom. The Bertz CT molecular complexity index is 489. The van der Waals surface area contributed by atoms with Crippen molar-refractivity contribution in [3.8, 4) is 0 Å². The Kier molecular flexibility index (Phi) is 10.0. The van der Waals surface area contributed by atoms with Gasteiger partial charge in [0.2, 0.25) is 5.91 Å². The number of carbonyl (C=O) groups excluding carboxylic acids is 1. The highest BCUT2D eigenvalue weighted by Crippen LogP contribution is 2.15. The molecule has 0 spiro atoms. The summed E-state index contributed by atoms with van der Waals surface area (Å²) in [5.41, 5.74) is 0. The van der Waals surface area contributed by atoms with Gasteiger partial charge in [0, 0.05) is 52.9 Å². The highest BCUT2D eigenvalue weighted by atomic mass is 16.5. The quantitative estimate of drug-likeness (QED) is 0.340. The Morgan fingerprint density at radius 2 is 1.89 bits per heavy atom. The summed E-state index contributed by atoms with van der Waals surface area (Å²) in [6, 6.07) is 0.569. The number of ether oxygens (including phenoxy) is 1. The molecule has 1 amide bonds. The lowest BCUT2D eigenvalue weighted by Gasteiger charge is -2.28. The standard InChI is InChI=1S/C20H40N6O2/c1-5-25(6-2)18-8-11-26(17-18)20(22-16-19(27)23(3)4)21-9-7-10-24-12-14-28-15-13-24/h18H,5-17H2,1-4H3,(H,21,22). The molecular formula is C20H40N6O2. The van der Waals surface area contributed by atoms with Crippen LogP contribution in [0.15, 0.2) is 4.99 Å². The number of amides is 1. The van der Waals surface area contributed by atoms with Crippen LogP contribution in [0.4, 0.5) is 0 Å². The average Bonchev–Trinajstić information content (AvgIpc) is 3.18. The molecule has 8 heteroatoms. The first-order valence-corrected chi connectivity index (χ1v) is 10.8. The normalized spacial score (nSPS) is 21.4. The van der Waals surface area contributed by atoms with Crippen molar-refractivity contribution in [1.29, 1.82) is 0 Å². The van der Waals surface area contributed by atoms with Gasteiger partial charge in [-0.15, -0.1) is 0 Å². The maximum absolute atomic E-state index is 12.0. The highest BCUT2D eigenvalue weighted by Gasteiger charge is 2.28. The molecule has 0 aromatic rings. The topological polar surface area (TPSA) is 63.7 Å². The van der Waals surface area contributed by atoms with Crippen molar-refractivity contribution in [2.75, 3.05) is 86.2 Å². The van der Waals surface area contributed by atoms with E-state index in [9.17, 15) is 4.79 Å². The van der Waals surface area contributed by atoms with Gasteiger partial charge in [-0.25, -0.2) is 4.99 Å². The zero-order valence-corrected chi connectivity index (χ0v) is 18.3. The molecule has 8 nitrogen and oxygen atoms in total. The minimum atomic E-state index is 0.0344. The minimum absolute atomic E-state index is 0.0344. The highest BCUT2D eigenvalue weighted by molar-refractivity contribution is 5.85. The van der Waals surface area contributed by atoms with Gasteiger partial charge in [-0.05, 0) is 32.5 Å². The number of carbonyl (C=O) groups is 1. The van der Waals surface area contributed by atoms with Gasteiger partial charge in [-0.2, -0.15) is 0 Å². The first-order valence-electron chi connectivity index (χ1n) is 10.8. The summed E-state index contributed by atoms with van der Waals surface area (Å²) in [5.74, 6) is 0.916. The van der Waals surface area contributed by atoms with E-state index in [2.05, 4.69) is 38.9 Å². The van der Waals surface area contributed by atoms with Crippen LogP contribution in [0, 0.1) is 0 Å². The first-order chi connectivity index (χ1) is 13.5. The smallest absolute Gasteiger partial charge is 0.243 e. The SMILES string of the molecule is CCN(CC)C1CCN(C(=NCC(=O)N(C)C)NCCCN2CCOCC2)C1. The maximum Gasteiger partial charge on any atom is 0.243 e. The molecule has 1 unspecified atom stereocenters. The van der Waals surface area contributed by atoms with Gasteiger partial charge in [-0.3, -0.25) is 14.6 Å². The molecule has 0 aliphatic carbocycles. The number of guanidine groups is 1. The number of likely N-dealkylation sites (N-methyl/N-ethyl adjacent to an activating group) is 2. The van der Waals surface area contributed by atoms with E-state index in [0.717, 1.165) is 84.4 Å². The van der Waals surface area contributed by atoms with Crippen LogP contribution in [0.5, 0.6) is 0 Å². The van der Waals surface area contributed by atoms with Crippen molar-refractivity contribution < 1.29 is 9.53 Å². The molecule has 1 atom stereocenters. The molecule has 0 aromatic heterocycles. The first kappa shape index (κ1) is 22.9. The van der Waals surface area contributed by atoms with Crippen molar-refractivity contribution >= 4 is 11.9 Å². The summed E-state index contributed by atoms with van der Waals surface area (Å²) in [7, 11) is 3.55. The lowest BCUT2D eigenvalue weighted by atomic mass is 10.2. The largest absolute Gasteiger partial charge is 0.379 e. The average molecular weight is 397 g/mol. The van der Waals surface area contributed by atoms with Crippen LogP contribution in [0.1, 0.15) is 26.7 Å². The summed E-state index contributed by atoms with van der Waals surface area (Å²) >= 11 is 0. The minimum Gasteiger partial charge on any atom is -0.379 e. The third-order valence-electron chi connectivity index (χ3n) is 5.69. The second-order valence-electron chi connectivity index (χ2n) is 7.77. The van der Waals surface area contributed by atoms with Crippen molar-refractivity contribution in [2.45, 2.75) is 32.7 Å². The number of nitrogens with zero attached hydrogens (tertiary/aromatic N) is 5. The van der Waals surface area contributed by atoms with E-state index in [4.69, 9.17) is 4.74 Å². The summed E-state index contributed by atoms with van der Waals surface area (Å²) in [6.45, 7) is 14.4. The molecule has 0 saturated carbocycles. The monoisotopic (exact) mass is 396 g/mol. The number of rotatable bonds is 9. The maximum atomic E-state index is 12.0. The second kappa shape index (κ2) is 12.2. The van der Waals surface area contributed by atoms with E-state index in [1.165, 1.54) is 0 Å². The number of hydrogen-bond donors (Lipinski definition) is 1. The summed E-state index contributed by atoms with van der Waals surface area (Å²) in [6.07, 6.45) is 2.21. The van der Waals surface area contributed by atoms with Gasteiger partial charge < -0.3 is 19.9 Å². The Balaban J connectivity index is 1.87. The Hall–Kier alpha value is -1.38. The van der Waals surface area contributed by atoms with E-state index >= 15 is 0 Å². The van der Waals surface area contributed by atoms with Crippen LogP contribution in [0.2, 0.25) is 0 Å². The lowest BCUT2D eigenvalue weighted by Crippen LogP contribution is -2.44. The van der Waals surface area contributed by atoms with E-state index < -0.39 is 0 Å². The summed E-state index contributed by atoms with van der Waals surface area (Å²) in [4.78, 5) is 25.5. The number of morpholine rings is 1. The molecule has 0 radical (unpaired) electrons. The van der Waals surface area contributed by atoms with Crippen molar-refractivity contribution in [2.24, 2.45) is 4.99 Å². The van der Waals surface area contributed by atoms with Gasteiger partial charge in [0.1, 0.15) is 6.54 Å². The van der Waals surface area contributed by atoms with Crippen molar-refractivity contribution in [1.82, 2.24) is 24.9 Å². The van der Waals surface area contributed by atoms with Gasteiger partial charge in [0.25, 0.3) is 0 Å². The molecule has 2 aliphatic rings. The van der Waals surface area contributed by atoms with Crippen LogP contribution >= 0.6 is 0 Å². The van der Waals surface area contributed by atoms with Crippen molar-refractivity contribution in [3.05, 3.63) is 0 Å². The molecule has 2 fully saturated rings. The molecular weight excluding hydrogens is 356 g/mol. The Morgan fingerprint density at radius 1 is 1.18 bits per heavy atom. The summed E-state index contributed by atoms with van der Waals surface area (Å²) < 4.78 is 5.41. The second-order valence-corrected chi connectivity index (χ2v) is 7.77. The molecule has 0 aromatic carbocycles. The van der Waals surface area contributed by atoms with Crippen molar-refractivity contribution in [3.63, 3.8) is 0 Å². The molecule has 0 bridgehead atoms. The lowest BCUT2D eigenvalue weighted by molar-refractivity contribution is -0.127. The molecule has 2 heterocycles. The van der Waals surface area contributed by atoms with Crippen LogP contribution in [-0.4, -0.2) is 124 Å². The van der Waals surface area contributed by atoms with Crippen LogP contribution < -0.4 is 5.32 Å². The molecule has 2 rings (SSSR count). The van der Waals surface area contributed by atoms with E-state index in [1.807, 2.05) is 0 Å². The fraction of sp³-hybridized carbons (Fsp3) is 0.900. The predicted octanol–water partition coefficient (Wildman–Crippen LogP) is 0.159. The number of hydrogen-bond acceptors (Lipinski definition) is 5. The molecule has 162 valence electrons. The zero-order valence-electron chi connectivity index (χ0n) is 18.3. The van der Waals surface area contributed by atoms with E-state index in [-0.39, 0.29) is 12.5 Å². The predicted molar refractivity (Wildman–Crippen MR) is 114 cm³/mol. The fourth-order valence-corrected chi connectivity index (χ4v) is 3.85. The van der Waals surface area contributed by atoms with Gasteiger partial charge in [0.05, 0.1) is 13.2 Å². The van der Waals surface area contributed by atoms with Crippen LogP contribution in [0.25, 0.3) is 0 Å². The van der Waals surface area contributed by atoms with Crippen LogP contribution in [-0.2, 0) is 9.53 Å². The molecule has 2 saturated heterocycles. The number of likely N-dealkylation sites (tertiary alicyclic amines) is 1. The van der Waals surface area contributed by atoms with Gasteiger partial charge >= 0.3 is 0 Å². The zero-order chi connectivity index (χ0) is 20.4. The third kappa shape index (κ3) is 7.22. The summed E-state index contributed by atoms with van der Waals surface area (Å²) in [5, 5.41) is 3.52. The van der Waals surface area contributed by atoms with Crippen LogP contribution in [0.3, 0.4) is 0 Å². The molecule has 28 heavy (non-hydrogen) atoms. The van der Waals surface area contributed by atoms with E-state index in [1.54, 1.807) is 19.0 Å². The Labute approximate surface area is 170 Å².